The fourth-order valence-electron chi connectivity index (χ4n) is 2.31. The monoisotopic (exact) mass is 394 g/mol. The van der Waals surface area contributed by atoms with Crippen LogP contribution in [0.3, 0.4) is 0 Å². The summed E-state index contributed by atoms with van der Waals surface area (Å²) in [5.41, 5.74) is 0.0744. The average Bonchev–Trinajstić information content (AvgIpc) is 2.86. The summed E-state index contributed by atoms with van der Waals surface area (Å²) in [6.07, 6.45) is 0.826. The van der Waals surface area contributed by atoms with E-state index in [2.05, 4.69) is 5.32 Å². The lowest BCUT2D eigenvalue weighted by atomic mass is 10.3. The molecule has 3 rings (SSSR count). The second kappa shape index (κ2) is 8.29. The molecule has 0 bridgehead atoms. The first-order valence-corrected chi connectivity index (χ1v) is 9.15. The van der Waals surface area contributed by atoms with E-state index in [1.54, 1.807) is 0 Å². The minimum absolute atomic E-state index is 0.0228. The van der Waals surface area contributed by atoms with E-state index in [-0.39, 0.29) is 22.4 Å². The van der Waals surface area contributed by atoms with Gasteiger partial charge in [0.1, 0.15) is 5.02 Å². The molecule has 0 aromatic heterocycles. The standard InChI is InChI=1S/C17H15ClN2O5S/c18-13-4-2-11(8-14(13)20(22)23)19-17(21)10-26-12-3-5-15-16(9-12)25-7-1-6-24-15/h2-5,8-9H,1,6-7,10H2,(H,19,21). The van der Waals surface area contributed by atoms with Crippen molar-refractivity contribution in [2.24, 2.45) is 0 Å². The molecule has 0 spiro atoms. The van der Waals surface area contributed by atoms with Crippen LogP contribution in [0.25, 0.3) is 0 Å². The van der Waals surface area contributed by atoms with Crippen molar-refractivity contribution in [3.63, 3.8) is 0 Å². The predicted molar refractivity (Wildman–Crippen MR) is 99.5 cm³/mol. The van der Waals surface area contributed by atoms with E-state index in [0.29, 0.717) is 30.4 Å². The Hall–Kier alpha value is -2.45. The Balaban J connectivity index is 1.60. The van der Waals surface area contributed by atoms with E-state index >= 15 is 0 Å². The highest BCUT2D eigenvalue weighted by molar-refractivity contribution is 8.00. The SMILES string of the molecule is O=C(CSc1ccc2c(c1)OCCCO2)Nc1ccc(Cl)c([N+](=O)[O-])c1. The van der Waals surface area contributed by atoms with Gasteiger partial charge in [0.15, 0.2) is 11.5 Å². The Bertz CT molecular complexity index is 846. The van der Waals surface area contributed by atoms with Crippen LogP contribution in [0, 0.1) is 10.1 Å². The second-order valence-electron chi connectivity index (χ2n) is 5.42. The maximum Gasteiger partial charge on any atom is 0.289 e. The first kappa shape index (κ1) is 18.3. The van der Waals surface area contributed by atoms with E-state index in [0.717, 1.165) is 11.3 Å². The third-order valence-electron chi connectivity index (χ3n) is 3.52. The van der Waals surface area contributed by atoms with Gasteiger partial charge in [0.05, 0.1) is 23.9 Å². The summed E-state index contributed by atoms with van der Waals surface area (Å²) >= 11 is 7.09. The summed E-state index contributed by atoms with van der Waals surface area (Å²) in [7, 11) is 0. The van der Waals surface area contributed by atoms with Crippen LogP contribution in [-0.4, -0.2) is 29.8 Å². The lowest BCUT2D eigenvalue weighted by Gasteiger charge is -2.09. The number of carbonyl (C=O) groups excluding carboxylic acids is 1. The normalized spacial score (nSPS) is 13.0. The highest BCUT2D eigenvalue weighted by Crippen LogP contribution is 2.34. The van der Waals surface area contributed by atoms with Crippen LogP contribution in [-0.2, 0) is 4.79 Å². The van der Waals surface area contributed by atoms with E-state index in [4.69, 9.17) is 21.1 Å². The fraction of sp³-hybridized carbons (Fsp3) is 0.235. The molecule has 26 heavy (non-hydrogen) atoms. The topological polar surface area (TPSA) is 90.7 Å². The molecule has 0 aliphatic carbocycles. The molecule has 1 N–H and O–H groups in total. The molecule has 1 amide bonds. The maximum atomic E-state index is 12.1. The molecule has 2 aromatic rings. The molecule has 0 radical (unpaired) electrons. The zero-order chi connectivity index (χ0) is 18.5. The van der Waals surface area contributed by atoms with Crippen LogP contribution in [0.4, 0.5) is 11.4 Å². The van der Waals surface area contributed by atoms with Crippen LogP contribution in [0.15, 0.2) is 41.3 Å². The summed E-state index contributed by atoms with van der Waals surface area (Å²) in [5.74, 6) is 1.24. The number of hydrogen-bond donors (Lipinski definition) is 1. The number of fused-ring (bicyclic) bond motifs is 1. The number of rotatable bonds is 5. The molecule has 0 fully saturated rings. The molecule has 1 aliphatic heterocycles. The minimum Gasteiger partial charge on any atom is -0.490 e. The number of nitrogens with zero attached hydrogens (tertiary/aromatic N) is 1. The van der Waals surface area contributed by atoms with Crippen molar-refractivity contribution in [2.45, 2.75) is 11.3 Å². The number of ether oxygens (including phenoxy) is 2. The minimum atomic E-state index is -0.593. The van der Waals surface area contributed by atoms with Gasteiger partial charge in [-0.2, -0.15) is 0 Å². The van der Waals surface area contributed by atoms with Gasteiger partial charge in [-0.15, -0.1) is 11.8 Å². The third kappa shape index (κ3) is 4.59. The molecule has 9 heteroatoms. The van der Waals surface area contributed by atoms with Gasteiger partial charge in [-0.05, 0) is 30.3 Å². The molecule has 1 aliphatic rings. The highest BCUT2D eigenvalue weighted by atomic mass is 35.5. The number of carbonyl (C=O) groups is 1. The molecular weight excluding hydrogens is 380 g/mol. The Kier molecular flexibility index (Phi) is 5.85. The van der Waals surface area contributed by atoms with E-state index in [1.807, 2.05) is 18.2 Å². The number of hydrogen-bond acceptors (Lipinski definition) is 6. The lowest BCUT2D eigenvalue weighted by Crippen LogP contribution is -2.14. The van der Waals surface area contributed by atoms with E-state index in [1.165, 1.54) is 30.0 Å². The molecule has 0 saturated carbocycles. The molecule has 0 unspecified atom stereocenters. The van der Waals surface area contributed by atoms with E-state index < -0.39 is 4.92 Å². The summed E-state index contributed by atoms with van der Waals surface area (Å²) < 4.78 is 11.2. The first-order valence-electron chi connectivity index (χ1n) is 7.79. The van der Waals surface area contributed by atoms with Crippen LogP contribution in [0.5, 0.6) is 11.5 Å². The number of thioether (sulfide) groups is 1. The van der Waals surface area contributed by atoms with Gasteiger partial charge in [-0.25, -0.2) is 0 Å². The Morgan fingerprint density at radius 2 is 1.96 bits per heavy atom. The maximum absolute atomic E-state index is 12.1. The largest absolute Gasteiger partial charge is 0.490 e. The fourth-order valence-corrected chi connectivity index (χ4v) is 3.22. The van der Waals surface area contributed by atoms with Gasteiger partial charge >= 0.3 is 0 Å². The summed E-state index contributed by atoms with van der Waals surface area (Å²) in [4.78, 5) is 23.3. The zero-order valence-corrected chi connectivity index (χ0v) is 15.1. The summed E-state index contributed by atoms with van der Waals surface area (Å²) in [5, 5.41) is 13.5. The quantitative estimate of drug-likeness (QED) is 0.465. The number of nitro benzene ring substituents is 1. The lowest BCUT2D eigenvalue weighted by molar-refractivity contribution is -0.384. The summed E-state index contributed by atoms with van der Waals surface area (Å²) in [6.45, 7) is 1.21. The second-order valence-corrected chi connectivity index (χ2v) is 6.88. The van der Waals surface area contributed by atoms with Crippen molar-refractivity contribution in [1.29, 1.82) is 0 Å². The Morgan fingerprint density at radius 1 is 1.19 bits per heavy atom. The number of nitro groups is 1. The van der Waals surface area contributed by atoms with Crippen LogP contribution < -0.4 is 14.8 Å². The number of amides is 1. The molecule has 136 valence electrons. The van der Waals surface area contributed by atoms with Gasteiger partial charge in [0.2, 0.25) is 5.91 Å². The van der Waals surface area contributed by atoms with Crippen molar-refractivity contribution in [3.8, 4) is 11.5 Å². The molecule has 7 nitrogen and oxygen atoms in total. The van der Waals surface area contributed by atoms with Gasteiger partial charge in [0, 0.05) is 23.1 Å². The zero-order valence-electron chi connectivity index (χ0n) is 13.6. The first-order chi connectivity index (χ1) is 12.5. The van der Waals surface area contributed by atoms with E-state index in [9.17, 15) is 14.9 Å². The third-order valence-corrected chi connectivity index (χ3v) is 4.83. The summed E-state index contributed by atoms with van der Waals surface area (Å²) in [6, 6.07) is 9.66. The average molecular weight is 395 g/mol. The van der Waals surface area contributed by atoms with Gasteiger partial charge in [0.25, 0.3) is 5.69 Å². The smallest absolute Gasteiger partial charge is 0.289 e. The number of nitrogens with one attached hydrogen (secondary N) is 1. The Morgan fingerprint density at radius 3 is 2.73 bits per heavy atom. The van der Waals surface area contributed by atoms with Crippen molar-refractivity contribution >= 4 is 40.6 Å². The van der Waals surface area contributed by atoms with Crippen LogP contribution in [0.2, 0.25) is 5.02 Å². The van der Waals surface area contributed by atoms with Gasteiger partial charge < -0.3 is 14.8 Å². The molecule has 2 aromatic carbocycles. The van der Waals surface area contributed by atoms with Crippen molar-refractivity contribution in [2.75, 3.05) is 24.3 Å². The molecular formula is C17H15ClN2O5S. The van der Waals surface area contributed by atoms with Crippen molar-refractivity contribution in [3.05, 3.63) is 51.5 Å². The molecule has 0 atom stereocenters. The molecule has 1 heterocycles. The van der Waals surface area contributed by atoms with Gasteiger partial charge in [-0.1, -0.05) is 11.6 Å². The number of benzene rings is 2. The predicted octanol–water partition coefficient (Wildman–Crippen LogP) is 4.14. The van der Waals surface area contributed by atoms with Crippen LogP contribution in [0.1, 0.15) is 6.42 Å². The number of halogens is 1. The highest BCUT2D eigenvalue weighted by Gasteiger charge is 2.15. The van der Waals surface area contributed by atoms with Gasteiger partial charge in [-0.3, -0.25) is 14.9 Å². The van der Waals surface area contributed by atoms with Crippen molar-refractivity contribution in [1.82, 2.24) is 0 Å². The number of anilines is 1. The Labute approximate surface area is 158 Å². The molecule has 0 saturated heterocycles. The van der Waals surface area contributed by atoms with Crippen LogP contribution >= 0.6 is 23.4 Å². The van der Waals surface area contributed by atoms with Crippen molar-refractivity contribution < 1.29 is 19.2 Å².